The van der Waals surface area contributed by atoms with Gasteiger partial charge in [0.1, 0.15) is 28.7 Å². The van der Waals surface area contributed by atoms with Crippen molar-refractivity contribution in [2.45, 2.75) is 0 Å². The highest BCUT2D eigenvalue weighted by Gasteiger charge is 2.17. The number of para-hydroxylation sites is 2. The largest absolute Gasteiger partial charge is 0.456 e. The first-order valence-electron chi connectivity index (χ1n) is 18.0. The van der Waals surface area contributed by atoms with E-state index < -0.39 is 0 Å². The molecule has 11 rings (SSSR count). The zero-order valence-corrected chi connectivity index (χ0v) is 28.9. The number of hydrogen-bond donors (Lipinski definition) is 0. The summed E-state index contributed by atoms with van der Waals surface area (Å²) in [6, 6.07) is 58.9. The maximum atomic E-state index is 6.39. The SMILES string of the molecule is c1ccc2c(-c3ccc(-c4ncnc(-c5ccc(-c6cccc7oc8ccc(-c9cccc%10c9oc9ccccc9%10)cc8c67)cc5)n4)cc3)cccc2c1. The molecule has 0 atom stereocenters. The van der Waals surface area contributed by atoms with Gasteiger partial charge in [0, 0.05) is 38.2 Å². The zero-order valence-electron chi connectivity index (χ0n) is 28.9. The second kappa shape index (κ2) is 12.1. The third-order valence-corrected chi connectivity index (χ3v) is 10.5. The van der Waals surface area contributed by atoms with Gasteiger partial charge in [0.25, 0.3) is 0 Å². The summed E-state index contributed by atoms with van der Waals surface area (Å²) in [5.41, 5.74) is 12.0. The monoisotopic (exact) mass is 691 g/mol. The lowest BCUT2D eigenvalue weighted by molar-refractivity contribution is 0.668. The highest BCUT2D eigenvalue weighted by molar-refractivity contribution is 6.15. The van der Waals surface area contributed by atoms with Gasteiger partial charge >= 0.3 is 0 Å². The van der Waals surface area contributed by atoms with Gasteiger partial charge in [-0.1, -0.05) is 146 Å². The topological polar surface area (TPSA) is 65.0 Å². The molecule has 0 spiro atoms. The first-order chi connectivity index (χ1) is 26.7. The summed E-state index contributed by atoms with van der Waals surface area (Å²) in [5.74, 6) is 1.26. The standard InChI is InChI=1S/C49H29N3O2/c1-2-10-36-30(8-1)9-5-12-37(36)31-18-22-33(23-19-31)48-50-29-51-49(52-48)34-24-20-32(21-25-34)38-13-7-17-45-46(38)42-28-35(26-27-44(42)53-45)39-14-6-15-41-40-11-3-4-16-43(40)54-47(39)41/h1-29H. The van der Waals surface area contributed by atoms with Crippen LogP contribution in [0.1, 0.15) is 0 Å². The van der Waals surface area contributed by atoms with E-state index in [2.05, 4.69) is 156 Å². The van der Waals surface area contributed by atoms with Gasteiger partial charge in [-0.05, 0) is 62.9 Å². The molecule has 0 N–H and O–H groups in total. The first kappa shape index (κ1) is 30.3. The Kier molecular flexibility index (Phi) is 6.79. The lowest BCUT2D eigenvalue weighted by Gasteiger charge is -2.09. The quantitative estimate of drug-likeness (QED) is 0.180. The van der Waals surface area contributed by atoms with Gasteiger partial charge < -0.3 is 8.83 Å². The predicted octanol–water partition coefficient (Wildman–Crippen LogP) is 13.2. The molecule has 0 unspecified atom stereocenters. The van der Waals surface area contributed by atoms with Crippen LogP contribution in [-0.2, 0) is 0 Å². The second-order valence-corrected chi connectivity index (χ2v) is 13.6. The Bertz CT molecular complexity index is 3210. The van der Waals surface area contributed by atoms with Crippen molar-refractivity contribution in [3.63, 3.8) is 0 Å². The zero-order chi connectivity index (χ0) is 35.6. The van der Waals surface area contributed by atoms with Crippen molar-refractivity contribution in [2.75, 3.05) is 0 Å². The summed E-state index contributed by atoms with van der Waals surface area (Å²) >= 11 is 0. The lowest BCUT2D eigenvalue weighted by atomic mass is 9.96. The maximum Gasteiger partial charge on any atom is 0.163 e. The summed E-state index contributed by atoms with van der Waals surface area (Å²) in [6.07, 6.45) is 1.59. The molecule has 54 heavy (non-hydrogen) atoms. The molecule has 3 aromatic heterocycles. The number of nitrogens with zero attached hydrogens (tertiary/aromatic N) is 3. The van der Waals surface area contributed by atoms with Crippen LogP contribution in [0.2, 0.25) is 0 Å². The summed E-state index contributed by atoms with van der Waals surface area (Å²) in [6.45, 7) is 0. The van der Waals surface area contributed by atoms with Crippen molar-refractivity contribution >= 4 is 54.6 Å². The van der Waals surface area contributed by atoms with E-state index in [1.165, 1.54) is 16.3 Å². The Hall–Kier alpha value is -7.37. The normalized spacial score (nSPS) is 11.7. The fourth-order valence-corrected chi connectivity index (χ4v) is 7.86. The minimum Gasteiger partial charge on any atom is -0.456 e. The highest BCUT2D eigenvalue weighted by Crippen LogP contribution is 2.41. The van der Waals surface area contributed by atoms with Crippen LogP contribution >= 0.6 is 0 Å². The molecule has 0 aliphatic heterocycles. The fourth-order valence-electron chi connectivity index (χ4n) is 7.86. The van der Waals surface area contributed by atoms with Gasteiger partial charge in [-0.25, -0.2) is 15.0 Å². The van der Waals surface area contributed by atoms with Gasteiger partial charge in [-0.15, -0.1) is 0 Å². The van der Waals surface area contributed by atoms with Crippen molar-refractivity contribution in [1.29, 1.82) is 0 Å². The molecule has 0 saturated carbocycles. The van der Waals surface area contributed by atoms with Crippen LogP contribution in [0, 0.1) is 0 Å². The minimum absolute atomic E-state index is 0.626. The third-order valence-electron chi connectivity index (χ3n) is 10.5. The number of aromatic nitrogens is 3. The van der Waals surface area contributed by atoms with Crippen LogP contribution in [0.25, 0.3) is 111 Å². The van der Waals surface area contributed by atoms with E-state index in [4.69, 9.17) is 13.8 Å². The number of fused-ring (bicyclic) bond motifs is 7. The Labute approximate surface area is 309 Å². The van der Waals surface area contributed by atoms with Crippen molar-refractivity contribution in [2.24, 2.45) is 0 Å². The minimum atomic E-state index is 0.626. The predicted molar refractivity (Wildman–Crippen MR) is 219 cm³/mol. The molecule has 5 nitrogen and oxygen atoms in total. The van der Waals surface area contributed by atoms with Crippen molar-refractivity contribution < 1.29 is 8.83 Å². The van der Waals surface area contributed by atoms with Crippen LogP contribution in [0.5, 0.6) is 0 Å². The van der Waals surface area contributed by atoms with E-state index in [9.17, 15) is 0 Å². The molecule has 252 valence electrons. The number of benzene rings is 8. The van der Waals surface area contributed by atoms with E-state index >= 15 is 0 Å². The van der Waals surface area contributed by atoms with Crippen LogP contribution < -0.4 is 0 Å². The molecular weight excluding hydrogens is 663 g/mol. The average molecular weight is 692 g/mol. The second-order valence-electron chi connectivity index (χ2n) is 13.6. The molecule has 8 aromatic carbocycles. The van der Waals surface area contributed by atoms with Crippen LogP contribution in [0.15, 0.2) is 185 Å². The maximum absolute atomic E-state index is 6.39. The molecule has 0 amide bonds. The lowest BCUT2D eigenvalue weighted by Crippen LogP contribution is -1.95. The van der Waals surface area contributed by atoms with Gasteiger partial charge in [0.15, 0.2) is 11.6 Å². The van der Waals surface area contributed by atoms with Crippen LogP contribution in [0.3, 0.4) is 0 Å². The number of furan rings is 2. The van der Waals surface area contributed by atoms with Crippen molar-refractivity contribution in [3.05, 3.63) is 176 Å². The molecule has 3 heterocycles. The summed E-state index contributed by atoms with van der Waals surface area (Å²) in [7, 11) is 0. The highest BCUT2D eigenvalue weighted by atomic mass is 16.3. The van der Waals surface area contributed by atoms with Crippen molar-refractivity contribution in [3.8, 4) is 56.2 Å². The molecule has 5 heteroatoms. The number of rotatable bonds is 5. The number of hydrogen-bond acceptors (Lipinski definition) is 5. The van der Waals surface area contributed by atoms with Gasteiger partial charge in [0.2, 0.25) is 0 Å². The van der Waals surface area contributed by atoms with Gasteiger partial charge in [-0.3, -0.25) is 0 Å². The first-order valence-corrected chi connectivity index (χ1v) is 18.0. The van der Waals surface area contributed by atoms with Gasteiger partial charge in [-0.2, -0.15) is 0 Å². The molecule has 11 aromatic rings. The van der Waals surface area contributed by atoms with E-state index in [1.807, 2.05) is 24.3 Å². The Morgan fingerprint density at radius 1 is 0.352 bits per heavy atom. The van der Waals surface area contributed by atoms with Crippen LogP contribution in [0.4, 0.5) is 0 Å². The van der Waals surface area contributed by atoms with E-state index in [1.54, 1.807) is 6.33 Å². The smallest absolute Gasteiger partial charge is 0.163 e. The van der Waals surface area contributed by atoms with E-state index in [0.717, 1.165) is 82.8 Å². The summed E-state index contributed by atoms with van der Waals surface area (Å²) in [5, 5.41) is 6.83. The average Bonchev–Trinajstić information content (AvgIpc) is 3.82. The van der Waals surface area contributed by atoms with Crippen molar-refractivity contribution in [1.82, 2.24) is 15.0 Å². The van der Waals surface area contributed by atoms with E-state index in [-0.39, 0.29) is 0 Å². The molecule has 0 aliphatic carbocycles. The summed E-state index contributed by atoms with van der Waals surface area (Å²) in [4.78, 5) is 14.0. The summed E-state index contributed by atoms with van der Waals surface area (Å²) < 4.78 is 12.8. The molecule has 0 fully saturated rings. The molecule has 0 radical (unpaired) electrons. The van der Waals surface area contributed by atoms with Gasteiger partial charge in [0.05, 0.1) is 0 Å². The molecule has 0 aliphatic rings. The fraction of sp³-hybridized carbons (Fsp3) is 0. The molecular formula is C49H29N3O2. The van der Waals surface area contributed by atoms with E-state index in [0.29, 0.717) is 11.6 Å². The Balaban J connectivity index is 0.930. The third kappa shape index (κ3) is 4.90. The molecule has 0 saturated heterocycles. The Morgan fingerprint density at radius 3 is 1.72 bits per heavy atom. The van der Waals surface area contributed by atoms with Crippen LogP contribution in [-0.4, -0.2) is 15.0 Å². The molecule has 0 bridgehead atoms. The Morgan fingerprint density at radius 2 is 0.907 bits per heavy atom.